The van der Waals surface area contributed by atoms with E-state index in [2.05, 4.69) is 4.98 Å². The zero-order valence-corrected chi connectivity index (χ0v) is 14.1. The number of carbonyl (C=O) groups is 1. The molecule has 0 unspecified atom stereocenters. The summed E-state index contributed by atoms with van der Waals surface area (Å²) in [5.74, 6) is -0.823. The van der Waals surface area contributed by atoms with Crippen LogP contribution in [0.1, 0.15) is 22.8 Å². The molecule has 0 bridgehead atoms. The zero-order valence-electron chi connectivity index (χ0n) is 14.1. The summed E-state index contributed by atoms with van der Waals surface area (Å²) in [5.41, 5.74) is 2.43. The van der Waals surface area contributed by atoms with Gasteiger partial charge in [-0.15, -0.1) is 0 Å². The molecule has 0 saturated heterocycles. The molecule has 5 nitrogen and oxygen atoms in total. The normalized spacial score (nSPS) is 11.7. The Morgan fingerprint density at radius 2 is 1.65 bits per heavy atom. The van der Waals surface area contributed by atoms with E-state index < -0.39 is 6.10 Å². The molecular formula is C21H19NO4. The fourth-order valence-corrected chi connectivity index (χ4v) is 2.66. The first-order valence-corrected chi connectivity index (χ1v) is 8.26. The second-order valence-electron chi connectivity index (χ2n) is 5.95. The van der Waals surface area contributed by atoms with Crippen LogP contribution in [-0.2, 0) is 22.4 Å². The van der Waals surface area contributed by atoms with Gasteiger partial charge in [-0.1, -0.05) is 36.4 Å². The molecule has 0 aliphatic carbocycles. The van der Waals surface area contributed by atoms with Gasteiger partial charge < -0.3 is 14.9 Å². The maximum atomic E-state index is 12.4. The highest BCUT2D eigenvalue weighted by atomic mass is 16.5. The first kappa shape index (κ1) is 17.5. The first-order valence-electron chi connectivity index (χ1n) is 8.26. The van der Waals surface area contributed by atoms with Crippen molar-refractivity contribution in [3.63, 3.8) is 0 Å². The zero-order chi connectivity index (χ0) is 18.4. The Kier molecular flexibility index (Phi) is 5.49. The molecular weight excluding hydrogens is 330 g/mol. The summed E-state index contributed by atoms with van der Waals surface area (Å²) in [6, 6.07) is 17.5. The number of hydrogen-bond donors (Lipinski definition) is 2. The number of carbonyl (C=O) groups excluding carboxylic acids is 1. The molecule has 5 heteroatoms. The summed E-state index contributed by atoms with van der Waals surface area (Å²) in [4.78, 5) is 16.4. The fourth-order valence-electron chi connectivity index (χ4n) is 2.66. The topological polar surface area (TPSA) is 79.7 Å². The van der Waals surface area contributed by atoms with Crippen LogP contribution in [0.2, 0.25) is 0 Å². The molecule has 0 aliphatic rings. The van der Waals surface area contributed by atoms with Crippen LogP contribution < -0.4 is 0 Å². The highest BCUT2D eigenvalue weighted by Crippen LogP contribution is 2.31. The van der Waals surface area contributed by atoms with Crippen molar-refractivity contribution in [3.8, 4) is 11.5 Å². The van der Waals surface area contributed by atoms with E-state index in [-0.39, 0.29) is 23.9 Å². The van der Waals surface area contributed by atoms with Gasteiger partial charge in [0.1, 0.15) is 6.10 Å². The summed E-state index contributed by atoms with van der Waals surface area (Å²) in [6.07, 6.45) is 3.37. The number of aromatic nitrogens is 1. The van der Waals surface area contributed by atoms with E-state index in [1.807, 2.05) is 42.5 Å². The van der Waals surface area contributed by atoms with Crippen LogP contribution in [0, 0.1) is 0 Å². The van der Waals surface area contributed by atoms with E-state index in [4.69, 9.17) is 4.74 Å². The summed E-state index contributed by atoms with van der Waals surface area (Å²) in [7, 11) is 0. The number of rotatable bonds is 6. The molecule has 2 N–H and O–H groups in total. The third-order valence-corrected chi connectivity index (χ3v) is 4.01. The Morgan fingerprint density at radius 3 is 2.35 bits per heavy atom. The minimum atomic E-state index is -0.583. The Hall–Kier alpha value is -3.34. The fraction of sp³-hybridized carbons (Fsp3) is 0.143. The Bertz CT molecular complexity index is 866. The second-order valence-corrected chi connectivity index (χ2v) is 5.95. The van der Waals surface area contributed by atoms with Crippen LogP contribution in [0.5, 0.6) is 11.5 Å². The Labute approximate surface area is 151 Å². The predicted molar refractivity (Wildman–Crippen MR) is 96.7 cm³/mol. The van der Waals surface area contributed by atoms with E-state index >= 15 is 0 Å². The van der Waals surface area contributed by atoms with Gasteiger partial charge in [-0.05, 0) is 41.0 Å². The second kappa shape index (κ2) is 8.16. The lowest BCUT2D eigenvalue weighted by molar-refractivity contribution is -0.148. The Balaban J connectivity index is 1.80. The van der Waals surface area contributed by atoms with Crippen molar-refractivity contribution in [1.82, 2.24) is 4.98 Å². The largest absolute Gasteiger partial charge is 0.504 e. The SMILES string of the molecule is O=C(Cc1ccccc1)O[C@@H](Cc1ccncc1)c1ccc(O)c(O)c1. The Morgan fingerprint density at radius 1 is 0.923 bits per heavy atom. The van der Waals surface area contributed by atoms with E-state index in [1.165, 1.54) is 12.1 Å². The molecule has 0 saturated carbocycles. The minimum absolute atomic E-state index is 0.164. The van der Waals surface area contributed by atoms with Gasteiger partial charge >= 0.3 is 5.97 Å². The van der Waals surface area contributed by atoms with Gasteiger partial charge in [0, 0.05) is 18.8 Å². The lowest BCUT2D eigenvalue weighted by Gasteiger charge is -2.19. The van der Waals surface area contributed by atoms with Crippen LogP contribution in [0.4, 0.5) is 0 Å². The van der Waals surface area contributed by atoms with Gasteiger partial charge in [-0.3, -0.25) is 9.78 Å². The molecule has 1 heterocycles. The van der Waals surface area contributed by atoms with E-state index in [0.717, 1.165) is 11.1 Å². The predicted octanol–water partition coefficient (Wildman–Crippen LogP) is 3.56. The highest BCUT2D eigenvalue weighted by molar-refractivity contribution is 5.73. The number of nitrogens with zero attached hydrogens (tertiary/aromatic N) is 1. The van der Waals surface area contributed by atoms with Crippen LogP contribution in [0.25, 0.3) is 0 Å². The maximum Gasteiger partial charge on any atom is 0.310 e. The number of ether oxygens (including phenoxy) is 1. The lowest BCUT2D eigenvalue weighted by atomic mass is 10.0. The maximum absolute atomic E-state index is 12.4. The molecule has 132 valence electrons. The number of phenolic OH excluding ortho intramolecular Hbond substituents is 2. The van der Waals surface area contributed by atoms with Gasteiger partial charge in [0.25, 0.3) is 0 Å². The average molecular weight is 349 g/mol. The van der Waals surface area contributed by atoms with Gasteiger partial charge in [-0.25, -0.2) is 0 Å². The van der Waals surface area contributed by atoms with Crippen molar-refractivity contribution in [2.75, 3.05) is 0 Å². The third kappa shape index (κ3) is 4.60. The monoisotopic (exact) mass is 349 g/mol. The van der Waals surface area contributed by atoms with Crippen LogP contribution in [0.15, 0.2) is 73.1 Å². The average Bonchev–Trinajstić information content (AvgIpc) is 2.65. The number of aromatic hydroxyl groups is 2. The quantitative estimate of drug-likeness (QED) is 0.525. The molecule has 1 aromatic heterocycles. The van der Waals surface area contributed by atoms with Gasteiger partial charge in [-0.2, -0.15) is 0 Å². The lowest BCUT2D eigenvalue weighted by Crippen LogP contribution is -2.15. The summed E-state index contributed by atoms with van der Waals surface area (Å²) < 4.78 is 5.69. The first-order chi connectivity index (χ1) is 12.6. The van der Waals surface area contributed by atoms with Crippen molar-refractivity contribution in [2.24, 2.45) is 0 Å². The van der Waals surface area contributed by atoms with Crippen molar-refractivity contribution in [3.05, 3.63) is 89.7 Å². The molecule has 0 aliphatic heterocycles. The van der Waals surface area contributed by atoms with Crippen molar-refractivity contribution >= 4 is 5.97 Å². The molecule has 1 atom stereocenters. The highest BCUT2D eigenvalue weighted by Gasteiger charge is 2.19. The molecule has 26 heavy (non-hydrogen) atoms. The summed E-state index contributed by atoms with van der Waals surface area (Å²) in [6.45, 7) is 0. The number of phenols is 2. The van der Waals surface area contributed by atoms with E-state index in [0.29, 0.717) is 12.0 Å². The van der Waals surface area contributed by atoms with Crippen molar-refractivity contribution < 1.29 is 19.7 Å². The molecule has 3 rings (SSSR count). The van der Waals surface area contributed by atoms with E-state index in [9.17, 15) is 15.0 Å². The molecule has 0 amide bonds. The third-order valence-electron chi connectivity index (χ3n) is 4.01. The van der Waals surface area contributed by atoms with Gasteiger partial charge in [0.05, 0.1) is 6.42 Å². The summed E-state index contributed by atoms with van der Waals surface area (Å²) >= 11 is 0. The van der Waals surface area contributed by atoms with E-state index in [1.54, 1.807) is 18.5 Å². The van der Waals surface area contributed by atoms with Gasteiger partial charge in [0.15, 0.2) is 11.5 Å². The van der Waals surface area contributed by atoms with Crippen LogP contribution >= 0.6 is 0 Å². The summed E-state index contributed by atoms with van der Waals surface area (Å²) in [5, 5.41) is 19.3. The number of pyridine rings is 1. The smallest absolute Gasteiger partial charge is 0.310 e. The molecule has 3 aromatic rings. The molecule has 0 radical (unpaired) electrons. The molecule has 0 fully saturated rings. The number of hydrogen-bond acceptors (Lipinski definition) is 5. The van der Waals surface area contributed by atoms with Gasteiger partial charge in [0.2, 0.25) is 0 Å². The minimum Gasteiger partial charge on any atom is -0.504 e. The van der Waals surface area contributed by atoms with Crippen molar-refractivity contribution in [1.29, 1.82) is 0 Å². The number of esters is 1. The van der Waals surface area contributed by atoms with Crippen LogP contribution in [-0.4, -0.2) is 21.2 Å². The van der Waals surface area contributed by atoms with Crippen LogP contribution in [0.3, 0.4) is 0 Å². The molecule has 0 spiro atoms. The standard InChI is InChI=1S/C21H19NO4/c23-18-7-6-17(14-19(18)24)20(12-16-8-10-22-11-9-16)26-21(25)13-15-4-2-1-3-5-15/h1-11,14,20,23-24H,12-13H2/t20-/m0/s1. The molecule has 2 aromatic carbocycles. The van der Waals surface area contributed by atoms with Crippen molar-refractivity contribution in [2.45, 2.75) is 18.9 Å². The number of benzene rings is 2.